The zero-order valence-corrected chi connectivity index (χ0v) is 11.6. The van der Waals surface area contributed by atoms with Crippen molar-refractivity contribution in [2.75, 3.05) is 6.61 Å². The lowest BCUT2D eigenvalue weighted by atomic mass is 9.69. The van der Waals surface area contributed by atoms with Gasteiger partial charge in [0, 0.05) is 12.0 Å². The van der Waals surface area contributed by atoms with Crippen LogP contribution >= 0.6 is 0 Å². The van der Waals surface area contributed by atoms with E-state index in [1.807, 2.05) is 0 Å². The normalized spacial score (nSPS) is 34.2. The number of aliphatic hydroxyl groups is 1. The van der Waals surface area contributed by atoms with Gasteiger partial charge in [0.1, 0.15) is 0 Å². The van der Waals surface area contributed by atoms with E-state index in [9.17, 15) is 5.11 Å². The van der Waals surface area contributed by atoms with Crippen molar-refractivity contribution < 1.29 is 5.11 Å². The first-order valence-corrected chi connectivity index (χ1v) is 7.30. The molecule has 1 aromatic carbocycles. The van der Waals surface area contributed by atoms with E-state index in [1.165, 1.54) is 42.4 Å². The van der Waals surface area contributed by atoms with Crippen LogP contribution in [0.1, 0.15) is 42.4 Å². The van der Waals surface area contributed by atoms with E-state index in [2.05, 4.69) is 32.0 Å². The molecule has 3 rings (SSSR count). The summed E-state index contributed by atoms with van der Waals surface area (Å²) in [6.45, 7) is 4.79. The summed E-state index contributed by atoms with van der Waals surface area (Å²) >= 11 is 0. The molecule has 1 N–H and O–H groups in total. The van der Waals surface area contributed by atoms with Crippen molar-refractivity contribution in [3.05, 3.63) is 34.9 Å². The fourth-order valence-electron chi connectivity index (χ4n) is 4.50. The summed E-state index contributed by atoms with van der Waals surface area (Å²) in [7, 11) is 0. The van der Waals surface area contributed by atoms with Gasteiger partial charge in [0.2, 0.25) is 0 Å². The Morgan fingerprint density at radius 1 is 1.22 bits per heavy atom. The van der Waals surface area contributed by atoms with Crippen molar-refractivity contribution in [3.8, 4) is 0 Å². The van der Waals surface area contributed by atoms with Gasteiger partial charge in [-0.2, -0.15) is 0 Å². The maximum absolute atomic E-state index is 9.98. The average molecular weight is 244 g/mol. The number of hydrogen-bond donors (Lipinski definition) is 1. The number of aliphatic hydroxyl groups excluding tert-OH is 1. The van der Waals surface area contributed by atoms with Gasteiger partial charge in [-0.05, 0) is 68.1 Å². The smallest absolute Gasteiger partial charge is 0.0493 e. The summed E-state index contributed by atoms with van der Waals surface area (Å²) in [6, 6.07) is 6.56. The van der Waals surface area contributed by atoms with Gasteiger partial charge in [-0.3, -0.25) is 0 Å². The summed E-state index contributed by atoms with van der Waals surface area (Å²) in [6.07, 6.45) is 6.45. The molecule has 0 aliphatic heterocycles. The summed E-state index contributed by atoms with van der Waals surface area (Å²) in [5.41, 5.74) is 4.47. The van der Waals surface area contributed by atoms with Crippen LogP contribution in [0, 0.1) is 31.1 Å². The van der Waals surface area contributed by atoms with Gasteiger partial charge in [0.15, 0.2) is 0 Å². The highest BCUT2D eigenvalue weighted by atomic mass is 16.3. The van der Waals surface area contributed by atoms with Crippen molar-refractivity contribution in [1.82, 2.24) is 0 Å². The van der Waals surface area contributed by atoms with Crippen molar-refractivity contribution in [2.24, 2.45) is 17.3 Å². The maximum Gasteiger partial charge on any atom is 0.0493 e. The largest absolute Gasteiger partial charge is 0.396 e. The Hall–Kier alpha value is -0.820. The summed E-state index contributed by atoms with van der Waals surface area (Å²) < 4.78 is 0. The molecular weight excluding hydrogens is 220 g/mol. The van der Waals surface area contributed by atoms with E-state index < -0.39 is 0 Å². The molecule has 0 saturated heterocycles. The molecule has 0 heterocycles. The van der Waals surface area contributed by atoms with Crippen LogP contribution in [0.4, 0.5) is 0 Å². The number of rotatable bonds is 3. The highest BCUT2D eigenvalue weighted by Gasteiger charge is 2.50. The van der Waals surface area contributed by atoms with E-state index in [0.717, 1.165) is 18.3 Å². The summed E-state index contributed by atoms with van der Waals surface area (Å²) in [4.78, 5) is 0. The minimum atomic E-state index is 0.194. The van der Waals surface area contributed by atoms with Gasteiger partial charge < -0.3 is 5.11 Å². The Balaban J connectivity index is 1.91. The molecule has 18 heavy (non-hydrogen) atoms. The van der Waals surface area contributed by atoms with Crippen LogP contribution in [0.2, 0.25) is 0 Å². The van der Waals surface area contributed by atoms with Gasteiger partial charge in [-0.25, -0.2) is 0 Å². The van der Waals surface area contributed by atoms with Crippen LogP contribution in [-0.2, 0) is 6.42 Å². The second-order valence-electron chi connectivity index (χ2n) is 6.65. The Labute approximate surface area is 110 Å². The lowest BCUT2D eigenvalue weighted by molar-refractivity contribution is 0.0649. The van der Waals surface area contributed by atoms with E-state index >= 15 is 0 Å². The third-order valence-corrected chi connectivity index (χ3v) is 5.59. The topological polar surface area (TPSA) is 20.2 Å². The van der Waals surface area contributed by atoms with E-state index in [-0.39, 0.29) is 5.41 Å². The van der Waals surface area contributed by atoms with Crippen molar-refractivity contribution in [1.29, 1.82) is 0 Å². The molecule has 0 aromatic heterocycles. The third kappa shape index (κ3) is 1.80. The molecule has 1 heteroatoms. The highest BCUT2D eigenvalue weighted by molar-refractivity contribution is 5.35. The van der Waals surface area contributed by atoms with Crippen LogP contribution in [-0.4, -0.2) is 11.7 Å². The molecule has 2 bridgehead atoms. The standard InChI is InChI=1S/C17H24O/c1-12-4-3-5-13(2)16(12)10-17(11-18)9-14-6-7-15(17)8-14/h3-5,14-15,18H,6-11H2,1-2H3. The van der Waals surface area contributed by atoms with Crippen LogP contribution in [0.5, 0.6) is 0 Å². The lowest BCUT2D eigenvalue weighted by Gasteiger charge is -2.37. The van der Waals surface area contributed by atoms with E-state index in [0.29, 0.717) is 6.61 Å². The van der Waals surface area contributed by atoms with Gasteiger partial charge in [0.05, 0.1) is 0 Å². The molecule has 3 unspecified atom stereocenters. The fourth-order valence-corrected chi connectivity index (χ4v) is 4.50. The molecule has 2 aliphatic rings. The molecule has 2 fully saturated rings. The van der Waals surface area contributed by atoms with Gasteiger partial charge in [0.25, 0.3) is 0 Å². The quantitative estimate of drug-likeness (QED) is 0.860. The number of aryl methyl sites for hydroxylation is 2. The Morgan fingerprint density at radius 2 is 1.94 bits per heavy atom. The first-order valence-electron chi connectivity index (χ1n) is 7.30. The minimum absolute atomic E-state index is 0.194. The predicted molar refractivity (Wildman–Crippen MR) is 74.6 cm³/mol. The fraction of sp³-hybridized carbons (Fsp3) is 0.647. The van der Waals surface area contributed by atoms with Crippen LogP contribution in [0.25, 0.3) is 0 Å². The number of benzene rings is 1. The van der Waals surface area contributed by atoms with Crippen molar-refractivity contribution in [3.63, 3.8) is 0 Å². The maximum atomic E-state index is 9.98. The number of fused-ring (bicyclic) bond motifs is 2. The molecule has 0 spiro atoms. The van der Waals surface area contributed by atoms with Gasteiger partial charge in [-0.15, -0.1) is 0 Å². The Morgan fingerprint density at radius 3 is 2.44 bits per heavy atom. The molecule has 98 valence electrons. The third-order valence-electron chi connectivity index (χ3n) is 5.59. The van der Waals surface area contributed by atoms with Gasteiger partial charge >= 0.3 is 0 Å². The first kappa shape index (κ1) is 12.2. The predicted octanol–water partition coefficient (Wildman–Crippen LogP) is 3.64. The van der Waals surface area contributed by atoms with E-state index in [4.69, 9.17) is 0 Å². The van der Waals surface area contributed by atoms with E-state index in [1.54, 1.807) is 0 Å². The van der Waals surface area contributed by atoms with Crippen molar-refractivity contribution >= 4 is 0 Å². The Kier molecular flexibility index (Phi) is 2.97. The van der Waals surface area contributed by atoms with Gasteiger partial charge in [-0.1, -0.05) is 24.6 Å². The monoisotopic (exact) mass is 244 g/mol. The van der Waals surface area contributed by atoms with Crippen LogP contribution in [0.15, 0.2) is 18.2 Å². The molecule has 0 radical (unpaired) electrons. The number of hydrogen-bond acceptors (Lipinski definition) is 1. The summed E-state index contributed by atoms with van der Waals surface area (Å²) in [5.74, 6) is 1.66. The molecule has 2 saturated carbocycles. The highest BCUT2D eigenvalue weighted by Crippen LogP contribution is 2.57. The Bertz CT molecular complexity index is 431. The molecular formula is C17H24O. The minimum Gasteiger partial charge on any atom is -0.396 e. The molecule has 1 nitrogen and oxygen atoms in total. The molecule has 2 aliphatic carbocycles. The zero-order valence-electron chi connectivity index (χ0n) is 11.6. The van der Waals surface area contributed by atoms with Crippen LogP contribution in [0.3, 0.4) is 0 Å². The SMILES string of the molecule is Cc1cccc(C)c1CC1(CO)CC2CCC1C2. The molecule has 3 atom stereocenters. The second-order valence-corrected chi connectivity index (χ2v) is 6.65. The van der Waals surface area contributed by atoms with Crippen LogP contribution < -0.4 is 0 Å². The first-order chi connectivity index (χ1) is 8.64. The molecule has 1 aromatic rings. The lowest BCUT2D eigenvalue weighted by Crippen LogP contribution is -2.34. The van der Waals surface area contributed by atoms with Crippen molar-refractivity contribution in [2.45, 2.75) is 46.0 Å². The summed E-state index contributed by atoms with van der Waals surface area (Å²) in [5, 5.41) is 9.98. The average Bonchev–Trinajstić information content (AvgIpc) is 2.95. The second kappa shape index (κ2) is 4.38. The zero-order chi connectivity index (χ0) is 12.8. The molecule has 0 amide bonds.